The van der Waals surface area contributed by atoms with Gasteiger partial charge in [-0.2, -0.15) is 0 Å². The first-order chi connectivity index (χ1) is 13.5. The van der Waals surface area contributed by atoms with E-state index in [1.54, 1.807) is 0 Å². The summed E-state index contributed by atoms with van der Waals surface area (Å²) in [5, 5.41) is 9.33. The Hall–Kier alpha value is -1.97. The van der Waals surface area contributed by atoms with Crippen molar-refractivity contribution in [2.45, 2.75) is 18.7 Å². The van der Waals surface area contributed by atoms with Gasteiger partial charge in [0, 0.05) is 43.1 Å². The van der Waals surface area contributed by atoms with Crippen molar-refractivity contribution in [1.82, 2.24) is 4.90 Å². The molecule has 10 heteroatoms. The zero-order chi connectivity index (χ0) is 19.4. The van der Waals surface area contributed by atoms with Crippen molar-refractivity contribution in [2.75, 3.05) is 42.5 Å². The fourth-order valence-corrected chi connectivity index (χ4v) is 6.71. The van der Waals surface area contributed by atoms with Gasteiger partial charge < -0.3 is 19.6 Å². The standard InChI is InChI=1S/C19H18FN3O4S.ClH/c1-2-21-3-5-22(6-4-21)13-10(20)7-9-12-14(13)27-16-11-8-19(15(9)24,18(25)26)17(28-11)23(12)16;/h7,17H,2-6,8H2,1H3,(H,25,26);1H. The number of benzene rings is 1. The Morgan fingerprint density at radius 2 is 2.07 bits per heavy atom. The molecule has 5 aliphatic rings. The van der Waals surface area contributed by atoms with E-state index in [1.165, 1.54) is 17.8 Å². The van der Waals surface area contributed by atoms with Gasteiger partial charge in [0.25, 0.3) is 0 Å². The fraction of sp³-hybridized carbons (Fsp3) is 0.474. The number of likely N-dealkylation sites (N-methyl/N-ethyl adjacent to an activating group) is 1. The molecule has 2 bridgehead atoms. The number of carboxylic acid groups (broad SMARTS) is 1. The summed E-state index contributed by atoms with van der Waals surface area (Å²) >= 11 is 1.38. The van der Waals surface area contributed by atoms with Crippen LogP contribution >= 0.6 is 24.2 Å². The first kappa shape index (κ1) is 19.0. The number of carbonyl (C=O) groups excluding carboxylic acids is 1. The molecular weight excluding hydrogens is 421 g/mol. The Balaban J connectivity index is 0.00000181. The molecular formula is C19H19ClFN3O4S. The summed E-state index contributed by atoms with van der Waals surface area (Å²) in [6.07, 6.45) is 0.117. The van der Waals surface area contributed by atoms with E-state index in [9.17, 15) is 14.7 Å². The number of ether oxygens (including phenoxy) is 1. The number of fused-ring (bicyclic) bond motifs is 1. The van der Waals surface area contributed by atoms with Gasteiger partial charge in [0.2, 0.25) is 5.88 Å². The highest BCUT2D eigenvalue weighted by atomic mass is 35.5. The lowest BCUT2D eigenvalue weighted by atomic mass is 9.72. The summed E-state index contributed by atoms with van der Waals surface area (Å²) in [6, 6.07) is 1.22. The molecule has 6 rings (SSSR count). The number of thioether (sulfide) groups is 1. The number of allylic oxidation sites excluding steroid dienone is 1. The van der Waals surface area contributed by atoms with E-state index in [0.29, 0.717) is 36.1 Å². The third kappa shape index (κ3) is 2.08. The number of halogens is 2. The topological polar surface area (TPSA) is 73.3 Å². The van der Waals surface area contributed by atoms with Crippen molar-refractivity contribution in [3.63, 3.8) is 0 Å². The molecule has 0 aliphatic carbocycles. The SMILES string of the molecule is CCN1CCN(c2c(F)cc3c4c2OC2=C5CC(C(=O)O)(C3=O)C(S5)N24)CC1.Cl. The summed E-state index contributed by atoms with van der Waals surface area (Å²) in [5.74, 6) is -1.24. The maximum Gasteiger partial charge on any atom is 0.321 e. The molecule has 5 heterocycles. The smallest absolute Gasteiger partial charge is 0.321 e. The van der Waals surface area contributed by atoms with Crippen molar-refractivity contribution in [1.29, 1.82) is 0 Å². The highest BCUT2D eigenvalue weighted by molar-refractivity contribution is 8.04. The number of hydrogen-bond acceptors (Lipinski definition) is 7. The third-order valence-corrected chi connectivity index (χ3v) is 8.04. The average Bonchev–Trinajstić information content (AvgIpc) is 3.36. The maximum absolute atomic E-state index is 15.2. The molecule has 2 unspecified atom stereocenters. The van der Waals surface area contributed by atoms with E-state index in [2.05, 4.69) is 11.8 Å². The molecule has 2 saturated heterocycles. The number of rotatable bonds is 3. The lowest BCUT2D eigenvalue weighted by molar-refractivity contribution is -0.145. The van der Waals surface area contributed by atoms with Gasteiger partial charge in [0.1, 0.15) is 16.7 Å². The van der Waals surface area contributed by atoms with E-state index < -0.39 is 28.4 Å². The van der Waals surface area contributed by atoms with Crippen LogP contribution in [0.1, 0.15) is 23.7 Å². The van der Waals surface area contributed by atoms with Crippen molar-refractivity contribution in [3.8, 4) is 5.75 Å². The van der Waals surface area contributed by atoms with Gasteiger partial charge in [-0.25, -0.2) is 4.39 Å². The number of nitrogens with zero attached hydrogens (tertiary/aromatic N) is 3. The van der Waals surface area contributed by atoms with E-state index >= 15 is 4.39 Å². The van der Waals surface area contributed by atoms with Crippen LogP contribution in [0, 0.1) is 11.2 Å². The molecule has 1 aromatic rings. The first-order valence-electron chi connectivity index (χ1n) is 9.46. The Morgan fingerprint density at radius 1 is 1.34 bits per heavy atom. The zero-order valence-electron chi connectivity index (χ0n) is 15.6. The summed E-state index contributed by atoms with van der Waals surface area (Å²) in [5.41, 5.74) is -0.503. The number of carboxylic acids is 1. The monoisotopic (exact) mass is 439 g/mol. The highest BCUT2D eigenvalue weighted by Gasteiger charge is 2.70. The van der Waals surface area contributed by atoms with Crippen LogP contribution in [0.25, 0.3) is 0 Å². The molecule has 5 aliphatic heterocycles. The minimum absolute atomic E-state index is 0. The summed E-state index contributed by atoms with van der Waals surface area (Å²) in [7, 11) is 0. The normalized spacial score (nSPS) is 28.8. The van der Waals surface area contributed by atoms with E-state index in [-0.39, 0.29) is 24.4 Å². The minimum Gasteiger partial charge on any atom is -0.480 e. The number of ketones is 1. The van der Waals surface area contributed by atoms with Crippen molar-refractivity contribution in [2.24, 2.45) is 5.41 Å². The van der Waals surface area contributed by atoms with Crippen LogP contribution in [-0.2, 0) is 4.79 Å². The van der Waals surface area contributed by atoms with Gasteiger partial charge in [-0.15, -0.1) is 12.4 Å². The third-order valence-electron chi connectivity index (χ3n) is 6.60. The van der Waals surface area contributed by atoms with Crippen molar-refractivity contribution < 1.29 is 23.8 Å². The molecule has 1 aromatic carbocycles. The molecule has 0 aromatic heterocycles. The molecule has 0 spiro atoms. The van der Waals surface area contributed by atoms with Gasteiger partial charge in [0.15, 0.2) is 22.8 Å². The Labute approximate surface area is 176 Å². The van der Waals surface area contributed by atoms with Gasteiger partial charge in [0.05, 0.1) is 0 Å². The predicted octanol–water partition coefficient (Wildman–Crippen LogP) is 2.50. The van der Waals surface area contributed by atoms with Crippen LogP contribution < -0.4 is 14.5 Å². The van der Waals surface area contributed by atoms with Crippen LogP contribution in [0.4, 0.5) is 15.8 Å². The summed E-state index contributed by atoms with van der Waals surface area (Å²) < 4.78 is 21.3. The van der Waals surface area contributed by atoms with Crippen LogP contribution in [-0.4, -0.2) is 59.9 Å². The zero-order valence-corrected chi connectivity index (χ0v) is 17.2. The van der Waals surface area contributed by atoms with E-state index in [0.717, 1.165) is 24.5 Å². The molecule has 1 N–H and O–H groups in total. The molecule has 29 heavy (non-hydrogen) atoms. The average molecular weight is 440 g/mol. The van der Waals surface area contributed by atoms with Gasteiger partial charge in [-0.3, -0.25) is 14.5 Å². The second-order valence-electron chi connectivity index (χ2n) is 7.81. The first-order valence-corrected chi connectivity index (χ1v) is 10.3. The summed E-state index contributed by atoms with van der Waals surface area (Å²) in [6.45, 7) is 6.09. The molecule has 154 valence electrons. The number of piperazine rings is 1. The lowest BCUT2D eigenvalue weighted by Gasteiger charge is -2.41. The minimum atomic E-state index is -1.55. The molecule has 0 radical (unpaired) electrons. The molecule has 2 atom stereocenters. The van der Waals surface area contributed by atoms with Crippen LogP contribution in [0.2, 0.25) is 0 Å². The lowest BCUT2D eigenvalue weighted by Crippen LogP contribution is -2.56. The Morgan fingerprint density at radius 3 is 2.72 bits per heavy atom. The fourth-order valence-electron chi connectivity index (χ4n) is 5.09. The summed E-state index contributed by atoms with van der Waals surface area (Å²) in [4.78, 5) is 32.2. The Kier molecular flexibility index (Phi) is 3.95. The Bertz CT molecular complexity index is 1010. The number of anilines is 2. The maximum atomic E-state index is 15.2. The van der Waals surface area contributed by atoms with Crippen LogP contribution in [0.5, 0.6) is 5.75 Å². The number of aliphatic carboxylic acids is 1. The van der Waals surface area contributed by atoms with Gasteiger partial charge >= 0.3 is 5.97 Å². The van der Waals surface area contributed by atoms with Gasteiger partial charge in [-0.05, 0) is 12.6 Å². The van der Waals surface area contributed by atoms with Crippen molar-refractivity contribution >= 4 is 47.3 Å². The molecule has 0 amide bonds. The second-order valence-corrected chi connectivity index (χ2v) is 8.98. The van der Waals surface area contributed by atoms with Crippen LogP contribution in [0.3, 0.4) is 0 Å². The number of hydrogen-bond donors (Lipinski definition) is 1. The number of carbonyl (C=O) groups is 2. The molecule has 2 fully saturated rings. The van der Waals surface area contributed by atoms with Crippen molar-refractivity contribution in [3.05, 3.63) is 28.2 Å². The second kappa shape index (κ2) is 6.02. The van der Waals surface area contributed by atoms with E-state index in [1.807, 2.05) is 9.80 Å². The highest BCUT2D eigenvalue weighted by Crippen LogP contribution is 2.69. The number of Topliss-reactive ketones (excluding diaryl/α,β-unsaturated/α-hetero) is 1. The van der Waals surface area contributed by atoms with Gasteiger partial charge in [-0.1, -0.05) is 18.7 Å². The quantitative estimate of drug-likeness (QED) is 0.720. The largest absolute Gasteiger partial charge is 0.480 e. The molecule has 7 nitrogen and oxygen atoms in total. The predicted molar refractivity (Wildman–Crippen MR) is 109 cm³/mol. The van der Waals surface area contributed by atoms with E-state index in [4.69, 9.17) is 4.74 Å². The van der Waals surface area contributed by atoms with Crippen LogP contribution in [0.15, 0.2) is 16.9 Å². The molecule has 0 saturated carbocycles.